The van der Waals surface area contributed by atoms with Gasteiger partial charge in [-0.25, -0.2) is 0 Å². The lowest BCUT2D eigenvalue weighted by molar-refractivity contribution is -0.154. The Balaban J connectivity index is 2.51. The minimum absolute atomic E-state index is 0.125. The summed E-state index contributed by atoms with van der Waals surface area (Å²) in [4.78, 5) is 22.3. The van der Waals surface area contributed by atoms with Crippen molar-refractivity contribution >= 4 is 11.9 Å². The summed E-state index contributed by atoms with van der Waals surface area (Å²) in [6.45, 7) is 4.24. The molecule has 1 unspecified atom stereocenters. The molecule has 1 aliphatic heterocycles. The fourth-order valence-corrected chi connectivity index (χ4v) is 1.34. The van der Waals surface area contributed by atoms with Gasteiger partial charge in [-0.2, -0.15) is 0 Å². The quantitative estimate of drug-likeness (QED) is 0.614. The SMILES string of the molecule is CCOC(=O)CC1(C)CCOC1=O. The molecule has 13 heavy (non-hydrogen) atoms. The molecule has 1 rings (SSSR count). The molecule has 0 aromatic carbocycles. The van der Waals surface area contributed by atoms with E-state index in [0.717, 1.165) is 0 Å². The Labute approximate surface area is 77.2 Å². The molecule has 0 aliphatic carbocycles. The van der Waals surface area contributed by atoms with Crippen LogP contribution in [0.15, 0.2) is 0 Å². The molecule has 0 spiro atoms. The Kier molecular flexibility index (Phi) is 2.90. The zero-order chi connectivity index (χ0) is 9.90. The van der Waals surface area contributed by atoms with Crippen molar-refractivity contribution in [2.75, 3.05) is 13.2 Å². The van der Waals surface area contributed by atoms with Crippen LogP contribution in [0.2, 0.25) is 0 Å². The highest BCUT2D eigenvalue weighted by Crippen LogP contribution is 2.33. The van der Waals surface area contributed by atoms with E-state index in [0.29, 0.717) is 19.6 Å². The van der Waals surface area contributed by atoms with Crippen LogP contribution in [0.1, 0.15) is 26.7 Å². The lowest BCUT2D eigenvalue weighted by atomic mass is 9.85. The van der Waals surface area contributed by atoms with Crippen molar-refractivity contribution in [3.05, 3.63) is 0 Å². The number of carbonyl (C=O) groups is 2. The van der Waals surface area contributed by atoms with Crippen molar-refractivity contribution in [3.63, 3.8) is 0 Å². The molecular weight excluding hydrogens is 172 g/mol. The summed E-state index contributed by atoms with van der Waals surface area (Å²) in [5.74, 6) is -0.621. The van der Waals surface area contributed by atoms with Gasteiger partial charge in [0.05, 0.1) is 25.0 Å². The molecule has 0 aromatic heterocycles. The highest BCUT2D eigenvalue weighted by Gasteiger charge is 2.42. The van der Waals surface area contributed by atoms with Crippen molar-refractivity contribution in [2.24, 2.45) is 5.41 Å². The molecule has 0 saturated carbocycles. The normalized spacial score (nSPS) is 27.1. The van der Waals surface area contributed by atoms with E-state index >= 15 is 0 Å². The van der Waals surface area contributed by atoms with Crippen LogP contribution < -0.4 is 0 Å². The second kappa shape index (κ2) is 3.77. The Morgan fingerprint density at radius 1 is 1.69 bits per heavy atom. The molecule has 0 radical (unpaired) electrons. The topological polar surface area (TPSA) is 52.6 Å². The first-order valence-electron chi connectivity index (χ1n) is 4.41. The smallest absolute Gasteiger partial charge is 0.312 e. The van der Waals surface area contributed by atoms with Crippen LogP contribution in [-0.4, -0.2) is 25.2 Å². The van der Waals surface area contributed by atoms with E-state index in [1.165, 1.54) is 0 Å². The van der Waals surface area contributed by atoms with E-state index in [2.05, 4.69) is 0 Å². The first-order chi connectivity index (χ1) is 6.08. The van der Waals surface area contributed by atoms with Gasteiger partial charge in [-0.05, 0) is 20.3 Å². The zero-order valence-electron chi connectivity index (χ0n) is 7.96. The van der Waals surface area contributed by atoms with Gasteiger partial charge in [-0.1, -0.05) is 0 Å². The number of cyclic esters (lactones) is 1. The van der Waals surface area contributed by atoms with Gasteiger partial charge in [0.1, 0.15) is 0 Å². The Hall–Kier alpha value is -1.06. The lowest BCUT2D eigenvalue weighted by Crippen LogP contribution is -2.26. The monoisotopic (exact) mass is 186 g/mol. The maximum atomic E-state index is 11.2. The molecule has 0 N–H and O–H groups in total. The second-order valence-corrected chi connectivity index (χ2v) is 3.43. The predicted molar refractivity (Wildman–Crippen MR) is 44.9 cm³/mol. The van der Waals surface area contributed by atoms with E-state index in [-0.39, 0.29) is 18.4 Å². The zero-order valence-corrected chi connectivity index (χ0v) is 7.96. The van der Waals surface area contributed by atoms with Gasteiger partial charge in [-0.15, -0.1) is 0 Å². The first kappa shape index (κ1) is 10.0. The second-order valence-electron chi connectivity index (χ2n) is 3.43. The highest BCUT2D eigenvalue weighted by atomic mass is 16.5. The van der Waals surface area contributed by atoms with Gasteiger partial charge in [-0.3, -0.25) is 9.59 Å². The predicted octanol–water partition coefficient (Wildman–Crippen LogP) is 0.893. The summed E-state index contributed by atoms with van der Waals surface area (Å²) in [6.07, 6.45) is 0.727. The summed E-state index contributed by atoms with van der Waals surface area (Å²) in [5, 5.41) is 0. The van der Waals surface area contributed by atoms with Gasteiger partial charge < -0.3 is 9.47 Å². The molecule has 4 nitrogen and oxygen atoms in total. The van der Waals surface area contributed by atoms with E-state index in [4.69, 9.17) is 9.47 Å². The average molecular weight is 186 g/mol. The molecule has 0 amide bonds. The number of hydrogen-bond acceptors (Lipinski definition) is 4. The standard InChI is InChI=1S/C9H14O4/c1-3-12-7(10)6-9(2)4-5-13-8(9)11/h3-6H2,1-2H3. The van der Waals surface area contributed by atoms with E-state index in [9.17, 15) is 9.59 Å². The van der Waals surface area contributed by atoms with Crippen LogP contribution in [0.25, 0.3) is 0 Å². The molecule has 1 fully saturated rings. The van der Waals surface area contributed by atoms with E-state index < -0.39 is 5.41 Å². The number of hydrogen-bond donors (Lipinski definition) is 0. The third-order valence-corrected chi connectivity index (χ3v) is 2.22. The van der Waals surface area contributed by atoms with Crippen LogP contribution in [0.4, 0.5) is 0 Å². The molecule has 1 heterocycles. The summed E-state index contributed by atoms with van der Waals surface area (Å²) < 4.78 is 9.57. The summed E-state index contributed by atoms with van der Waals surface area (Å²) in [5.41, 5.74) is -0.660. The number of carbonyl (C=O) groups excluding carboxylic acids is 2. The van der Waals surface area contributed by atoms with Crippen molar-refractivity contribution in [1.82, 2.24) is 0 Å². The molecule has 4 heteroatoms. The molecular formula is C9H14O4. The molecule has 0 aromatic rings. The third-order valence-electron chi connectivity index (χ3n) is 2.22. The fourth-order valence-electron chi connectivity index (χ4n) is 1.34. The van der Waals surface area contributed by atoms with Gasteiger partial charge >= 0.3 is 11.9 Å². The van der Waals surface area contributed by atoms with Crippen LogP contribution in [0.5, 0.6) is 0 Å². The number of esters is 2. The minimum atomic E-state index is -0.660. The summed E-state index contributed by atoms with van der Waals surface area (Å²) in [6, 6.07) is 0. The maximum absolute atomic E-state index is 11.2. The lowest BCUT2D eigenvalue weighted by Gasteiger charge is -2.16. The van der Waals surface area contributed by atoms with Crippen molar-refractivity contribution in [1.29, 1.82) is 0 Å². The molecule has 1 atom stereocenters. The minimum Gasteiger partial charge on any atom is -0.466 e. The molecule has 1 saturated heterocycles. The largest absolute Gasteiger partial charge is 0.466 e. The molecule has 0 bridgehead atoms. The Morgan fingerprint density at radius 3 is 2.85 bits per heavy atom. The molecule has 1 aliphatic rings. The van der Waals surface area contributed by atoms with Gasteiger partial charge in [0.25, 0.3) is 0 Å². The van der Waals surface area contributed by atoms with E-state index in [1.54, 1.807) is 13.8 Å². The molecule has 74 valence electrons. The fraction of sp³-hybridized carbons (Fsp3) is 0.778. The van der Waals surface area contributed by atoms with Crippen molar-refractivity contribution < 1.29 is 19.1 Å². The van der Waals surface area contributed by atoms with Gasteiger partial charge in [0.15, 0.2) is 0 Å². The summed E-state index contributed by atoms with van der Waals surface area (Å²) in [7, 11) is 0. The Morgan fingerprint density at radius 2 is 2.38 bits per heavy atom. The van der Waals surface area contributed by atoms with E-state index in [1.807, 2.05) is 0 Å². The van der Waals surface area contributed by atoms with Crippen LogP contribution in [0, 0.1) is 5.41 Å². The first-order valence-corrected chi connectivity index (χ1v) is 4.41. The van der Waals surface area contributed by atoms with Gasteiger partial charge in [0.2, 0.25) is 0 Å². The van der Waals surface area contributed by atoms with Crippen LogP contribution in [-0.2, 0) is 19.1 Å². The highest BCUT2D eigenvalue weighted by molar-refractivity contribution is 5.84. The van der Waals surface area contributed by atoms with Gasteiger partial charge in [0, 0.05) is 0 Å². The van der Waals surface area contributed by atoms with Crippen molar-refractivity contribution in [2.45, 2.75) is 26.7 Å². The van der Waals surface area contributed by atoms with Crippen LogP contribution in [0.3, 0.4) is 0 Å². The Bertz CT molecular complexity index is 224. The number of rotatable bonds is 3. The maximum Gasteiger partial charge on any atom is 0.312 e. The summed E-state index contributed by atoms with van der Waals surface area (Å²) >= 11 is 0. The van der Waals surface area contributed by atoms with Crippen LogP contribution >= 0.6 is 0 Å². The van der Waals surface area contributed by atoms with Crippen molar-refractivity contribution in [3.8, 4) is 0 Å². The third kappa shape index (κ3) is 2.20. The number of ether oxygens (including phenoxy) is 2. The average Bonchev–Trinajstić information content (AvgIpc) is 2.32.